The second-order valence-electron chi connectivity index (χ2n) is 5.81. The molecule has 0 bridgehead atoms. The van der Waals surface area contributed by atoms with Gasteiger partial charge in [-0.1, -0.05) is 18.7 Å². The average molecular weight is 348 g/mol. The fourth-order valence-corrected chi connectivity index (χ4v) is 5.04. The number of anilines is 1. The molecule has 2 amide bonds. The first-order valence-electron chi connectivity index (χ1n) is 7.37. The Bertz CT molecular complexity index is 747. The van der Waals surface area contributed by atoms with E-state index in [0.29, 0.717) is 16.5 Å². The van der Waals surface area contributed by atoms with Gasteiger partial charge in [-0.2, -0.15) is 10.3 Å². The summed E-state index contributed by atoms with van der Waals surface area (Å²) in [7, 11) is 0. The highest BCUT2D eigenvalue weighted by Gasteiger charge is 2.30. The summed E-state index contributed by atoms with van der Waals surface area (Å²) >= 11 is 2.58. The van der Waals surface area contributed by atoms with Crippen LogP contribution in [0.1, 0.15) is 35.8 Å². The first-order valence-corrected chi connectivity index (χ1v) is 9.06. The first kappa shape index (κ1) is 16.0. The van der Waals surface area contributed by atoms with Gasteiger partial charge in [0.25, 0.3) is 5.91 Å². The third-order valence-corrected chi connectivity index (χ3v) is 6.16. The van der Waals surface area contributed by atoms with Gasteiger partial charge in [0, 0.05) is 11.3 Å². The van der Waals surface area contributed by atoms with Crippen LogP contribution in [0.25, 0.3) is 0 Å². The van der Waals surface area contributed by atoms with Crippen molar-refractivity contribution in [3.05, 3.63) is 16.0 Å². The van der Waals surface area contributed by atoms with Gasteiger partial charge in [0.2, 0.25) is 5.91 Å². The summed E-state index contributed by atoms with van der Waals surface area (Å²) in [5.41, 5.74) is 7.14. The number of carbonyl (C=O) groups excluding carboxylic acids is 2. The Morgan fingerprint density at radius 2 is 2.35 bits per heavy atom. The van der Waals surface area contributed by atoms with Crippen molar-refractivity contribution in [1.29, 1.82) is 5.26 Å². The Labute approximate surface area is 142 Å². The third-order valence-electron chi connectivity index (χ3n) is 4.01. The number of nitrogens with two attached hydrogens (primary N) is 1. The second-order valence-corrected chi connectivity index (χ2v) is 8.14. The number of nitrogens with one attached hydrogen (secondary N) is 1. The van der Waals surface area contributed by atoms with Crippen LogP contribution in [-0.4, -0.2) is 22.2 Å². The molecule has 2 aliphatic rings. The fraction of sp³-hybridized carbons (Fsp3) is 0.467. The predicted molar refractivity (Wildman–Crippen MR) is 91.5 cm³/mol. The van der Waals surface area contributed by atoms with E-state index in [1.165, 1.54) is 16.2 Å². The molecule has 3 N–H and O–H groups in total. The maximum absolute atomic E-state index is 12.2. The van der Waals surface area contributed by atoms with Crippen LogP contribution in [0.3, 0.4) is 0 Å². The molecule has 2 heterocycles. The molecule has 120 valence electrons. The molecule has 0 saturated carbocycles. The number of hydrogen-bond donors (Lipinski definition) is 2. The van der Waals surface area contributed by atoms with E-state index in [1.807, 2.05) is 0 Å². The molecule has 0 radical (unpaired) electrons. The van der Waals surface area contributed by atoms with Gasteiger partial charge in [0.15, 0.2) is 5.17 Å². The molecule has 0 unspecified atom stereocenters. The molecule has 0 spiro atoms. The van der Waals surface area contributed by atoms with Crippen LogP contribution in [0, 0.1) is 17.2 Å². The van der Waals surface area contributed by atoms with Gasteiger partial charge in [-0.05, 0) is 30.7 Å². The fourth-order valence-electron chi connectivity index (χ4n) is 2.84. The molecule has 0 fully saturated rings. The van der Waals surface area contributed by atoms with Crippen LogP contribution in [0.4, 0.5) is 5.00 Å². The number of nitrogens with zero attached hydrogens (tertiary/aromatic N) is 2. The lowest BCUT2D eigenvalue weighted by atomic mass is 9.88. The van der Waals surface area contributed by atoms with E-state index in [2.05, 4.69) is 23.3 Å². The quantitative estimate of drug-likeness (QED) is 0.869. The molecule has 1 aromatic heterocycles. The Morgan fingerprint density at radius 1 is 1.57 bits per heavy atom. The van der Waals surface area contributed by atoms with E-state index in [9.17, 15) is 14.9 Å². The molecule has 0 saturated heterocycles. The summed E-state index contributed by atoms with van der Waals surface area (Å²) in [4.78, 5) is 28.6. The van der Waals surface area contributed by atoms with E-state index in [0.717, 1.165) is 36.6 Å². The van der Waals surface area contributed by atoms with E-state index in [-0.39, 0.29) is 23.4 Å². The van der Waals surface area contributed by atoms with E-state index in [1.54, 1.807) is 0 Å². The topological polar surface area (TPSA) is 108 Å². The van der Waals surface area contributed by atoms with Gasteiger partial charge in [0.05, 0.1) is 5.56 Å². The van der Waals surface area contributed by atoms with Crippen molar-refractivity contribution in [2.75, 3.05) is 5.32 Å². The molecule has 1 aliphatic heterocycles. The molecular weight excluding hydrogens is 332 g/mol. The monoisotopic (exact) mass is 348 g/mol. The van der Waals surface area contributed by atoms with Crippen molar-refractivity contribution in [3.8, 4) is 6.07 Å². The highest BCUT2D eigenvalue weighted by Crippen LogP contribution is 2.39. The number of aliphatic imine (C=N–C) groups is 1. The van der Waals surface area contributed by atoms with Crippen LogP contribution < -0.4 is 11.1 Å². The van der Waals surface area contributed by atoms with Crippen LogP contribution in [-0.2, 0) is 22.4 Å². The van der Waals surface area contributed by atoms with Crippen molar-refractivity contribution in [2.24, 2.45) is 16.6 Å². The number of amidine groups is 1. The summed E-state index contributed by atoms with van der Waals surface area (Å²) in [5.74, 6) is -0.0600. The number of hydrogen-bond acceptors (Lipinski definition) is 6. The van der Waals surface area contributed by atoms with E-state index < -0.39 is 5.25 Å². The van der Waals surface area contributed by atoms with Crippen molar-refractivity contribution in [3.63, 3.8) is 0 Å². The second kappa shape index (κ2) is 6.34. The third kappa shape index (κ3) is 3.26. The SMILES string of the molecule is C[C@@H]1CCc2c(sc(NC(=O)C[C@H]3SC(N)=NC3=O)c2C#N)C1. The minimum Gasteiger partial charge on any atom is -0.378 e. The van der Waals surface area contributed by atoms with Crippen LogP contribution in [0.5, 0.6) is 0 Å². The van der Waals surface area contributed by atoms with Crippen molar-refractivity contribution in [1.82, 2.24) is 0 Å². The molecule has 1 aliphatic carbocycles. The summed E-state index contributed by atoms with van der Waals surface area (Å²) in [6.45, 7) is 2.19. The first-order chi connectivity index (χ1) is 11.0. The average Bonchev–Trinajstić information content (AvgIpc) is 2.97. The molecule has 3 rings (SSSR count). The Balaban J connectivity index is 1.72. The van der Waals surface area contributed by atoms with Crippen molar-refractivity contribution in [2.45, 2.75) is 37.9 Å². The number of fused-ring (bicyclic) bond motifs is 1. The van der Waals surface area contributed by atoms with Crippen molar-refractivity contribution >= 4 is 45.1 Å². The summed E-state index contributed by atoms with van der Waals surface area (Å²) < 4.78 is 0. The largest absolute Gasteiger partial charge is 0.378 e. The molecule has 0 aromatic carbocycles. The van der Waals surface area contributed by atoms with Gasteiger partial charge in [-0.15, -0.1) is 11.3 Å². The minimum absolute atomic E-state index is 0.0114. The zero-order chi connectivity index (χ0) is 16.6. The Morgan fingerprint density at radius 3 is 3.00 bits per heavy atom. The van der Waals surface area contributed by atoms with Gasteiger partial charge in [-0.3, -0.25) is 9.59 Å². The molecular formula is C15H16N4O2S2. The zero-order valence-electron chi connectivity index (χ0n) is 12.6. The molecule has 2 atom stereocenters. The van der Waals surface area contributed by atoms with E-state index in [4.69, 9.17) is 5.73 Å². The number of thiophene rings is 1. The van der Waals surface area contributed by atoms with Gasteiger partial charge >= 0.3 is 0 Å². The molecule has 23 heavy (non-hydrogen) atoms. The summed E-state index contributed by atoms with van der Waals surface area (Å²) in [6.07, 6.45) is 2.91. The van der Waals surface area contributed by atoms with E-state index >= 15 is 0 Å². The lowest BCUT2D eigenvalue weighted by Crippen LogP contribution is -2.21. The molecule has 6 nitrogen and oxygen atoms in total. The van der Waals surface area contributed by atoms with Crippen LogP contribution >= 0.6 is 23.1 Å². The van der Waals surface area contributed by atoms with Crippen molar-refractivity contribution < 1.29 is 9.59 Å². The molecule has 8 heteroatoms. The summed E-state index contributed by atoms with van der Waals surface area (Å²) in [6, 6.07) is 2.21. The van der Waals surface area contributed by atoms with Gasteiger partial charge < -0.3 is 11.1 Å². The number of rotatable bonds is 3. The highest BCUT2D eigenvalue weighted by atomic mass is 32.2. The molecule has 1 aromatic rings. The summed E-state index contributed by atoms with van der Waals surface area (Å²) in [5, 5.41) is 12.4. The van der Waals surface area contributed by atoms with Crippen LogP contribution in [0.15, 0.2) is 4.99 Å². The number of amides is 2. The smallest absolute Gasteiger partial charge is 0.262 e. The minimum atomic E-state index is -0.560. The van der Waals surface area contributed by atoms with Crippen LogP contribution in [0.2, 0.25) is 0 Å². The maximum Gasteiger partial charge on any atom is 0.262 e. The lowest BCUT2D eigenvalue weighted by Gasteiger charge is -2.17. The lowest BCUT2D eigenvalue weighted by molar-refractivity contribution is -0.121. The Hall–Kier alpha value is -1.85. The number of thioether (sulfide) groups is 1. The number of carbonyl (C=O) groups is 2. The predicted octanol–water partition coefficient (Wildman–Crippen LogP) is 2.03. The maximum atomic E-state index is 12.2. The standard InChI is InChI=1S/C15H16N4O2S2/c1-7-2-3-8-9(6-16)14(22-10(8)4-7)18-12(20)5-11-13(21)19-15(17)23-11/h7,11H,2-5H2,1H3,(H,18,20)(H2,17,19,21)/t7-,11-/m1/s1. The van der Waals surface area contributed by atoms with Gasteiger partial charge in [-0.25, -0.2) is 0 Å². The van der Waals surface area contributed by atoms with Gasteiger partial charge in [0.1, 0.15) is 16.3 Å². The highest BCUT2D eigenvalue weighted by molar-refractivity contribution is 8.15. The zero-order valence-corrected chi connectivity index (χ0v) is 14.2. The normalized spacial score (nSPS) is 23.1. The number of nitriles is 1. The Kier molecular flexibility index (Phi) is 4.41.